The van der Waals surface area contributed by atoms with Crippen LogP contribution in [0.1, 0.15) is 16.1 Å². The first kappa shape index (κ1) is 16.7. The second-order valence-electron chi connectivity index (χ2n) is 3.83. The van der Waals surface area contributed by atoms with Crippen molar-refractivity contribution in [2.45, 2.75) is 6.18 Å². The molecule has 0 atom stereocenters. The predicted octanol–water partition coefficient (Wildman–Crippen LogP) is 0.712. The number of rotatable bonds is 7. The van der Waals surface area contributed by atoms with E-state index < -0.39 is 30.4 Å². The number of anilines is 1. The molecule has 0 unspecified atom stereocenters. The third-order valence-corrected chi connectivity index (χ3v) is 2.22. The van der Waals surface area contributed by atoms with Crippen molar-refractivity contribution in [1.82, 2.24) is 4.98 Å². The molecule has 21 heavy (non-hydrogen) atoms. The maximum atomic E-state index is 12.5. The fourth-order valence-corrected chi connectivity index (χ4v) is 1.35. The summed E-state index contributed by atoms with van der Waals surface area (Å²) in [5.41, 5.74) is 3.65. The van der Waals surface area contributed by atoms with Gasteiger partial charge in [0, 0.05) is 6.54 Å². The molecule has 0 fully saturated rings. The van der Waals surface area contributed by atoms with E-state index in [1.165, 1.54) is 0 Å². The van der Waals surface area contributed by atoms with Crippen LogP contribution >= 0.6 is 0 Å². The Hall–Kier alpha value is -2.36. The SMILES string of the molecule is NC(=O)c1ccc(C(F)(F)F)nc1NCCOCC(=O)O. The topological polar surface area (TPSA) is 115 Å². The number of ether oxygens (including phenoxy) is 1. The Morgan fingerprint density at radius 3 is 2.57 bits per heavy atom. The van der Waals surface area contributed by atoms with Gasteiger partial charge in [0.2, 0.25) is 0 Å². The third-order valence-electron chi connectivity index (χ3n) is 2.22. The number of carbonyl (C=O) groups is 2. The minimum atomic E-state index is -4.66. The number of carboxylic acids is 1. The summed E-state index contributed by atoms with van der Waals surface area (Å²) in [5, 5.41) is 10.8. The van der Waals surface area contributed by atoms with Crippen LogP contribution < -0.4 is 11.1 Å². The lowest BCUT2D eigenvalue weighted by atomic mass is 10.2. The quantitative estimate of drug-likeness (QED) is 0.639. The molecule has 1 aromatic rings. The molecule has 1 amide bonds. The minimum absolute atomic E-state index is 0.0398. The summed E-state index contributed by atoms with van der Waals surface area (Å²) < 4.78 is 42.3. The Kier molecular flexibility index (Phi) is 5.47. The number of nitrogens with two attached hydrogens (primary N) is 1. The summed E-state index contributed by atoms with van der Waals surface area (Å²) in [6.45, 7) is -0.676. The lowest BCUT2D eigenvalue weighted by Crippen LogP contribution is -2.20. The normalized spacial score (nSPS) is 11.2. The number of nitrogens with zero attached hydrogens (tertiary/aromatic N) is 1. The highest BCUT2D eigenvalue weighted by atomic mass is 19.4. The van der Waals surface area contributed by atoms with Gasteiger partial charge >= 0.3 is 12.1 Å². The van der Waals surface area contributed by atoms with E-state index in [1.54, 1.807) is 0 Å². The molecule has 0 spiro atoms. The zero-order valence-electron chi connectivity index (χ0n) is 10.6. The summed E-state index contributed by atoms with van der Waals surface area (Å²) in [5.74, 6) is -2.45. The number of hydrogen-bond acceptors (Lipinski definition) is 5. The molecule has 0 aliphatic heterocycles. The lowest BCUT2D eigenvalue weighted by molar-refractivity contribution is -0.142. The first-order valence-corrected chi connectivity index (χ1v) is 5.63. The van der Waals surface area contributed by atoms with Crippen LogP contribution in [0.3, 0.4) is 0 Å². The Bertz CT molecular complexity index is 534. The molecule has 1 heterocycles. The average Bonchev–Trinajstić information content (AvgIpc) is 2.36. The van der Waals surface area contributed by atoms with Crippen molar-refractivity contribution in [3.8, 4) is 0 Å². The van der Waals surface area contributed by atoms with E-state index in [-0.39, 0.29) is 24.5 Å². The van der Waals surface area contributed by atoms with Gasteiger partial charge in [-0.15, -0.1) is 0 Å². The number of aliphatic carboxylic acids is 1. The van der Waals surface area contributed by atoms with E-state index in [0.29, 0.717) is 6.07 Å². The maximum Gasteiger partial charge on any atom is 0.433 e. The van der Waals surface area contributed by atoms with Crippen LogP contribution in [0.2, 0.25) is 0 Å². The largest absolute Gasteiger partial charge is 0.480 e. The number of halogens is 3. The Morgan fingerprint density at radius 2 is 2.05 bits per heavy atom. The van der Waals surface area contributed by atoms with Crippen molar-refractivity contribution in [3.05, 3.63) is 23.4 Å². The van der Waals surface area contributed by atoms with Crippen LogP contribution in [0, 0.1) is 0 Å². The third kappa shape index (κ3) is 5.26. The van der Waals surface area contributed by atoms with E-state index in [9.17, 15) is 22.8 Å². The molecule has 1 aromatic heterocycles. The fourth-order valence-electron chi connectivity index (χ4n) is 1.35. The van der Waals surface area contributed by atoms with Crippen LogP contribution in [0.5, 0.6) is 0 Å². The summed E-state index contributed by atoms with van der Waals surface area (Å²) in [6.07, 6.45) is -4.66. The number of hydrogen-bond donors (Lipinski definition) is 3. The van der Waals surface area contributed by atoms with Crippen LogP contribution in [0.4, 0.5) is 19.0 Å². The van der Waals surface area contributed by atoms with Crippen molar-refractivity contribution in [1.29, 1.82) is 0 Å². The van der Waals surface area contributed by atoms with Crippen LogP contribution in [-0.4, -0.2) is 41.7 Å². The molecule has 0 bridgehead atoms. The highest BCUT2D eigenvalue weighted by Gasteiger charge is 2.33. The Balaban J connectivity index is 2.77. The molecule has 4 N–H and O–H groups in total. The van der Waals surface area contributed by atoms with Gasteiger partial charge in [-0.25, -0.2) is 9.78 Å². The highest BCUT2D eigenvalue weighted by molar-refractivity contribution is 5.97. The monoisotopic (exact) mass is 307 g/mol. The van der Waals surface area contributed by atoms with Gasteiger partial charge in [0.1, 0.15) is 18.1 Å². The number of carbonyl (C=O) groups excluding carboxylic acids is 1. The first-order valence-electron chi connectivity index (χ1n) is 5.63. The first-order chi connectivity index (χ1) is 9.71. The predicted molar refractivity (Wildman–Crippen MR) is 64.7 cm³/mol. The number of pyridine rings is 1. The van der Waals surface area contributed by atoms with E-state index in [4.69, 9.17) is 10.8 Å². The van der Waals surface area contributed by atoms with Gasteiger partial charge in [-0.3, -0.25) is 4.79 Å². The second kappa shape index (κ2) is 6.88. The number of amides is 1. The van der Waals surface area contributed by atoms with Crippen molar-refractivity contribution in [2.75, 3.05) is 25.1 Å². The van der Waals surface area contributed by atoms with Crippen molar-refractivity contribution in [3.63, 3.8) is 0 Å². The van der Waals surface area contributed by atoms with Gasteiger partial charge in [0.15, 0.2) is 0 Å². The Labute approximate surface area is 116 Å². The van der Waals surface area contributed by atoms with E-state index in [0.717, 1.165) is 6.07 Å². The van der Waals surface area contributed by atoms with E-state index in [1.807, 2.05) is 0 Å². The molecule has 0 saturated heterocycles. The molecular formula is C11H12F3N3O4. The molecule has 10 heteroatoms. The number of aromatic nitrogens is 1. The molecular weight excluding hydrogens is 295 g/mol. The molecule has 7 nitrogen and oxygen atoms in total. The van der Waals surface area contributed by atoms with Crippen molar-refractivity contribution >= 4 is 17.7 Å². The van der Waals surface area contributed by atoms with Gasteiger partial charge in [0.25, 0.3) is 5.91 Å². The van der Waals surface area contributed by atoms with Gasteiger partial charge in [-0.1, -0.05) is 0 Å². The van der Waals surface area contributed by atoms with Crippen LogP contribution in [-0.2, 0) is 15.7 Å². The molecule has 0 radical (unpaired) electrons. The second-order valence-corrected chi connectivity index (χ2v) is 3.83. The summed E-state index contributed by atoms with van der Waals surface area (Å²) in [4.78, 5) is 24.6. The average molecular weight is 307 g/mol. The summed E-state index contributed by atoms with van der Waals surface area (Å²) in [7, 11) is 0. The van der Waals surface area contributed by atoms with Crippen molar-refractivity contribution < 1.29 is 32.6 Å². The van der Waals surface area contributed by atoms with Crippen LogP contribution in [0.15, 0.2) is 12.1 Å². The smallest absolute Gasteiger partial charge is 0.433 e. The van der Waals surface area contributed by atoms with Gasteiger partial charge in [0.05, 0.1) is 12.2 Å². The summed E-state index contributed by atoms with van der Waals surface area (Å²) in [6, 6.07) is 1.56. The lowest BCUT2D eigenvalue weighted by Gasteiger charge is -2.12. The van der Waals surface area contributed by atoms with Gasteiger partial charge in [-0.2, -0.15) is 13.2 Å². The van der Waals surface area contributed by atoms with E-state index >= 15 is 0 Å². The number of primary amides is 1. The molecule has 0 aliphatic rings. The number of alkyl halides is 3. The highest BCUT2D eigenvalue weighted by Crippen LogP contribution is 2.29. The zero-order chi connectivity index (χ0) is 16.0. The molecule has 116 valence electrons. The number of carboxylic acid groups (broad SMARTS) is 1. The molecule has 0 aliphatic carbocycles. The summed E-state index contributed by atoms with van der Waals surface area (Å²) >= 11 is 0. The van der Waals surface area contributed by atoms with E-state index in [2.05, 4.69) is 15.0 Å². The maximum absolute atomic E-state index is 12.5. The molecule has 0 aromatic carbocycles. The van der Waals surface area contributed by atoms with Gasteiger partial charge < -0.3 is 20.9 Å². The van der Waals surface area contributed by atoms with Gasteiger partial charge in [-0.05, 0) is 12.1 Å². The molecule has 1 rings (SSSR count). The standard InChI is InChI=1S/C11H12F3N3O4/c12-11(13,14)7-2-1-6(9(15)20)10(17-7)16-3-4-21-5-8(18)19/h1-2H,3-5H2,(H2,15,20)(H,16,17)(H,18,19). The number of nitrogens with one attached hydrogen (secondary N) is 1. The molecule has 0 saturated carbocycles. The fraction of sp³-hybridized carbons (Fsp3) is 0.364. The van der Waals surface area contributed by atoms with Crippen LogP contribution in [0.25, 0.3) is 0 Å². The Morgan fingerprint density at radius 1 is 1.38 bits per heavy atom. The minimum Gasteiger partial charge on any atom is -0.480 e. The van der Waals surface area contributed by atoms with Crippen molar-refractivity contribution in [2.24, 2.45) is 5.73 Å². The zero-order valence-corrected chi connectivity index (χ0v) is 10.6.